The Bertz CT molecular complexity index is 517. The van der Waals surface area contributed by atoms with Crippen molar-refractivity contribution in [2.24, 2.45) is 0 Å². The van der Waals surface area contributed by atoms with Crippen LogP contribution in [0, 0.1) is 0 Å². The predicted octanol–water partition coefficient (Wildman–Crippen LogP) is 2.13. The summed E-state index contributed by atoms with van der Waals surface area (Å²) < 4.78 is 0. The van der Waals surface area contributed by atoms with Crippen molar-refractivity contribution in [3.05, 3.63) is 41.6 Å². The van der Waals surface area contributed by atoms with Gasteiger partial charge in [-0.2, -0.15) is 4.98 Å². The zero-order valence-corrected chi connectivity index (χ0v) is 10.8. The monoisotopic (exact) mass is 263 g/mol. The van der Waals surface area contributed by atoms with Crippen LogP contribution in [0.5, 0.6) is 0 Å². The molecule has 6 heteroatoms. The summed E-state index contributed by atoms with van der Waals surface area (Å²) in [6.45, 7) is 3.42. The first kappa shape index (κ1) is 12.6. The lowest BCUT2D eigenvalue weighted by atomic mass is 10.3. The molecule has 2 N–H and O–H groups in total. The minimum Gasteiger partial charge on any atom is -0.394 e. The fourth-order valence-corrected chi connectivity index (χ4v) is 1.77. The van der Waals surface area contributed by atoms with Crippen molar-refractivity contribution in [1.29, 1.82) is 0 Å². The summed E-state index contributed by atoms with van der Waals surface area (Å²) >= 11 is 5.80. The highest BCUT2D eigenvalue weighted by Crippen LogP contribution is 2.22. The molecule has 0 saturated heterocycles. The van der Waals surface area contributed by atoms with Crippen molar-refractivity contribution >= 4 is 23.1 Å². The van der Waals surface area contributed by atoms with E-state index in [1.165, 1.54) is 6.20 Å². The molecule has 0 aliphatic rings. The molecule has 2 heterocycles. The second-order valence-corrected chi connectivity index (χ2v) is 4.09. The van der Waals surface area contributed by atoms with E-state index in [9.17, 15) is 0 Å². The maximum Gasteiger partial charge on any atom is 0.224 e. The molecule has 0 aliphatic carbocycles. The first-order valence-corrected chi connectivity index (χ1v) is 6.01. The first-order chi connectivity index (χ1) is 8.70. The number of aromatic nitrogens is 3. The predicted molar refractivity (Wildman–Crippen MR) is 72.4 cm³/mol. The molecule has 94 valence electrons. The molecule has 0 fully saturated rings. The van der Waals surface area contributed by atoms with Gasteiger partial charge in [-0.25, -0.2) is 4.98 Å². The maximum absolute atomic E-state index is 5.87. The highest BCUT2D eigenvalue weighted by molar-refractivity contribution is 6.28. The Labute approximate surface area is 111 Å². The van der Waals surface area contributed by atoms with Gasteiger partial charge in [0.2, 0.25) is 5.28 Å². The number of halogens is 1. The molecule has 5 nitrogen and oxygen atoms in total. The fourth-order valence-electron chi connectivity index (χ4n) is 1.64. The van der Waals surface area contributed by atoms with E-state index < -0.39 is 0 Å². The van der Waals surface area contributed by atoms with Crippen molar-refractivity contribution in [1.82, 2.24) is 15.0 Å². The fraction of sp³-hybridized carbons (Fsp3) is 0.250. The molecule has 0 saturated carbocycles. The van der Waals surface area contributed by atoms with Gasteiger partial charge in [-0.1, -0.05) is 6.07 Å². The summed E-state index contributed by atoms with van der Waals surface area (Å²) in [5.74, 6) is 0.642. The Morgan fingerprint density at radius 3 is 2.83 bits per heavy atom. The van der Waals surface area contributed by atoms with Gasteiger partial charge in [-0.15, -0.1) is 0 Å². The van der Waals surface area contributed by atoms with Gasteiger partial charge in [-0.05, 0) is 30.7 Å². The Morgan fingerprint density at radius 1 is 1.33 bits per heavy atom. The summed E-state index contributed by atoms with van der Waals surface area (Å²) in [5.41, 5.74) is 7.34. The number of rotatable bonds is 4. The average Bonchev–Trinajstić information content (AvgIpc) is 2.40. The Balaban J connectivity index is 2.26. The Morgan fingerprint density at radius 2 is 2.17 bits per heavy atom. The van der Waals surface area contributed by atoms with E-state index in [4.69, 9.17) is 17.3 Å². The number of hydrogen-bond donors (Lipinski definition) is 1. The number of nitrogen functional groups attached to an aromatic ring is 1. The molecule has 0 atom stereocenters. The SMILES string of the molecule is CCN(Cc1ccccn1)c1nc(Cl)ncc1N. The van der Waals surface area contributed by atoms with Crippen LogP contribution in [0.1, 0.15) is 12.6 Å². The quantitative estimate of drug-likeness (QED) is 0.856. The molecule has 0 radical (unpaired) electrons. The van der Waals surface area contributed by atoms with Crippen molar-refractivity contribution < 1.29 is 0 Å². The van der Waals surface area contributed by atoms with E-state index in [1.807, 2.05) is 30.0 Å². The number of nitrogens with two attached hydrogens (primary N) is 1. The number of pyridine rings is 1. The maximum atomic E-state index is 5.87. The summed E-state index contributed by atoms with van der Waals surface area (Å²) in [7, 11) is 0. The van der Waals surface area contributed by atoms with E-state index in [1.54, 1.807) is 6.20 Å². The molecule has 0 amide bonds. The van der Waals surface area contributed by atoms with Gasteiger partial charge >= 0.3 is 0 Å². The van der Waals surface area contributed by atoms with Crippen LogP contribution in [-0.4, -0.2) is 21.5 Å². The van der Waals surface area contributed by atoms with Crippen molar-refractivity contribution in [3.8, 4) is 0 Å². The van der Waals surface area contributed by atoms with Gasteiger partial charge in [0.15, 0.2) is 5.82 Å². The molecule has 0 spiro atoms. The topological polar surface area (TPSA) is 67.9 Å². The van der Waals surface area contributed by atoms with E-state index >= 15 is 0 Å². The standard InChI is InChI=1S/C12H14ClN5/c1-2-18(8-9-5-3-4-6-15-9)11-10(14)7-16-12(13)17-11/h3-7H,2,8,14H2,1H3. The van der Waals surface area contributed by atoms with E-state index in [0.29, 0.717) is 18.1 Å². The summed E-state index contributed by atoms with van der Waals surface area (Å²) in [5, 5.41) is 0.193. The third-order valence-electron chi connectivity index (χ3n) is 2.53. The molecule has 2 rings (SSSR count). The number of anilines is 2. The average molecular weight is 264 g/mol. The van der Waals surface area contributed by atoms with Gasteiger partial charge in [-0.3, -0.25) is 4.98 Å². The van der Waals surface area contributed by atoms with Crippen LogP contribution in [-0.2, 0) is 6.54 Å². The lowest BCUT2D eigenvalue weighted by Gasteiger charge is -2.22. The van der Waals surface area contributed by atoms with Crippen LogP contribution in [0.25, 0.3) is 0 Å². The van der Waals surface area contributed by atoms with E-state index in [2.05, 4.69) is 15.0 Å². The van der Waals surface area contributed by atoms with Crippen LogP contribution >= 0.6 is 11.6 Å². The smallest absolute Gasteiger partial charge is 0.224 e. The van der Waals surface area contributed by atoms with Crippen molar-refractivity contribution in [2.75, 3.05) is 17.2 Å². The van der Waals surface area contributed by atoms with Crippen LogP contribution in [0.2, 0.25) is 5.28 Å². The van der Waals surface area contributed by atoms with Crippen LogP contribution in [0.3, 0.4) is 0 Å². The lowest BCUT2D eigenvalue weighted by molar-refractivity contribution is 0.793. The molecular formula is C12H14ClN5. The Kier molecular flexibility index (Phi) is 3.94. The summed E-state index contributed by atoms with van der Waals surface area (Å²) in [6, 6.07) is 5.80. The molecule has 0 aromatic carbocycles. The Hall–Kier alpha value is -1.88. The third kappa shape index (κ3) is 2.87. The molecule has 0 unspecified atom stereocenters. The zero-order chi connectivity index (χ0) is 13.0. The number of hydrogen-bond acceptors (Lipinski definition) is 5. The zero-order valence-electron chi connectivity index (χ0n) is 10.0. The molecule has 2 aromatic rings. The molecule has 18 heavy (non-hydrogen) atoms. The third-order valence-corrected chi connectivity index (χ3v) is 2.71. The summed E-state index contributed by atoms with van der Waals surface area (Å²) in [6.07, 6.45) is 3.28. The van der Waals surface area contributed by atoms with Gasteiger partial charge < -0.3 is 10.6 Å². The van der Waals surface area contributed by atoms with Crippen molar-refractivity contribution in [2.45, 2.75) is 13.5 Å². The van der Waals surface area contributed by atoms with Gasteiger partial charge in [0, 0.05) is 12.7 Å². The second-order valence-electron chi connectivity index (χ2n) is 3.75. The molecule has 0 bridgehead atoms. The van der Waals surface area contributed by atoms with Crippen molar-refractivity contribution in [3.63, 3.8) is 0 Å². The van der Waals surface area contributed by atoms with E-state index in [0.717, 1.165) is 12.2 Å². The van der Waals surface area contributed by atoms with Gasteiger partial charge in [0.1, 0.15) is 0 Å². The highest BCUT2D eigenvalue weighted by Gasteiger charge is 2.12. The molecular weight excluding hydrogens is 250 g/mol. The largest absolute Gasteiger partial charge is 0.394 e. The molecule has 2 aromatic heterocycles. The van der Waals surface area contributed by atoms with E-state index in [-0.39, 0.29) is 5.28 Å². The minimum absolute atomic E-state index is 0.193. The molecule has 0 aliphatic heterocycles. The van der Waals surface area contributed by atoms with Crippen LogP contribution in [0.15, 0.2) is 30.6 Å². The van der Waals surface area contributed by atoms with Gasteiger partial charge in [0.25, 0.3) is 0 Å². The normalized spacial score (nSPS) is 10.3. The first-order valence-electron chi connectivity index (χ1n) is 5.63. The summed E-state index contributed by atoms with van der Waals surface area (Å²) in [4.78, 5) is 14.3. The van der Waals surface area contributed by atoms with Crippen LogP contribution in [0.4, 0.5) is 11.5 Å². The second kappa shape index (κ2) is 5.64. The minimum atomic E-state index is 0.193. The van der Waals surface area contributed by atoms with Gasteiger partial charge in [0.05, 0.1) is 24.1 Å². The number of nitrogens with zero attached hydrogens (tertiary/aromatic N) is 4. The lowest BCUT2D eigenvalue weighted by Crippen LogP contribution is -2.25. The highest BCUT2D eigenvalue weighted by atomic mass is 35.5. The van der Waals surface area contributed by atoms with Crippen LogP contribution < -0.4 is 10.6 Å².